The van der Waals surface area contributed by atoms with E-state index in [1.165, 1.54) is 0 Å². The first-order chi connectivity index (χ1) is 3.13. The Hall–Kier alpha value is 0.800. The van der Waals surface area contributed by atoms with Gasteiger partial charge < -0.3 is 0 Å². The highest BCUT2D eigenvalue weighted by Gasteiger charge is 1.85. The average molecular weight is 323 g/mol. The van der Waals surface area contributed by atoms with E-state index >= 15 is 0 Å². The molecule has 0 aromatic rings. The number of halogens is 2. The molecule has 0 spiro atoms. The Kier molecular flexibility index (Phi) is 4.19. The van der Waals surface area contributed by atoms with Crippen LogP contribution in [0.1, 0.15) is 6.92 Å². The molecule has 0 aromatic heterocycles. The van der Waals surface area contributed by atoms with Crippen molar-refractivity contribution in [1.82, 2.24) is 0 Å². The van der Waals surface area contributed by atoms with E-state index in [4.69, 9.17) is 0 Å². The summed E-state index contributed by atoms with van der Waals surface area (Å²) in [5.74, 6) is 0. The van der Waals surface area contributed by atoms with Crippen molar-refractivity contribution in [3.8, 4) is 0 Å². The molecule has 0 saturated carbocycles. The Morgan fingerprint density at radius 3 is 2.00 bits per heavy atom. The van der Waals surface area contributed by atoms with Crippen molar-refractivity contribution in [3.63, 3.8) is 0 Å². The van der Waals surface area contributed by atoms with Crippen LogP contribution >= 0.6 is 45.2 Å². The zero-order valence-corrected chi connectivity index (χ0v) is 7.93. The van der Waals surface area contributed by atoms with Gasteiger partial charge in [0, 0.05) is 22.6 Å². The van der Waals surface area contributed by atoms with E-state index in [1.807, 2.05) is 22.6 Å². The van der Waals surface area contributed by atoms with Gasteiger partial charge in [-0.3, -0.25) is 4.79 Å². The highest BCUT2D eigenvalue weighted by atomic mass is 127. The highest BCUT2D eigenvalue weighted by Crippen LogP contribution is 1.95. The molecular formula is C3H3I2NO. The number of carbonyl (C=O) groups is 1. The Morgan fingerprint density at radius 2 is 2.00 bits per heavy atom. The standard InChI is InChI=1S/C3H3I2NO/c1-2(4)6-3(5)7/h1H3/b6-2-. The third-order valence-corrected chi connectivity index (χ3v) is 0.724. The van der Waals surface area contributed by atoms with Gasteiger partial charge in [-0.2, -0.15) is 0 Å². The van der Waals surface area contributed by atoms with Crippen LogP contribution in [0.25, 0.3) is 0 Å². The van der Waals surface area contributed by atoms with Crippen LogP contribution in [0.4, 0.5) is 4.79 Å². The molecule has 0 bridgehead atoms. The van der Waals surface area contributed by atoms with Crippen LogP contribution in [-0.4, -0.2) is 7.63 Å². The summed E-state index contributed by atoms with van der Waals surface area (Å²) in [4.78, 5) is 13.6. The van der Waals surface area contributed by atoms with Crippen LogP contribution in [0.5, 0.6) is 0 Å². The van der Waals surface area contributed by atoms with Crippen molar-refractivity contribution in [2.45, 2.75) is 6.92 Å². The van der Waals surface area contributed by atoms with E-state index in [2.05, 4.69) is 4.99 Å². The van der Waals surface area contributed by atoms with Crippen LogP contribution in [-0.2, 0) is 0 Å². The number of hydrogen-bond donors (Lipinski definition) is 0. The van der Waals surface area contributed by atoms with Crippen LogP contribution < -0.4 is 0 Å². The normalized spacial score (nSPS) is 11.6. The number of aliphatic imine (C=N–C) groups is 1. The van der Waals surface area contributed by atoms with Crippen LogP contribution in [0.2, 0.25) is 0 Å². The van der Waals surface area contributed by atoms with Crippen molar-refractivity contribution in [1.29, 1.82) is 0 Å². The minimum atomic E-state index is -0.162. The number of rotatable bonds is 0. The third kappa shape index (κ3) is 6.80. The maximum atomic E-state index is 10.0. The van der Waals surface area contributed by atoms with Gasteiger partial charge in [-0.25, -0.2) is 4.99 Å². The molecule has 0 fully saturated rings. The first-order valence-electron chi connectivity index (χ1n) is 1.53. The van der Waals surface area contributed by atoms with Gasteiger partial charge in [0.25, 0.3) is 0 Å². The largest absolute Gasteiger partial charge is 0.306 e. The van der Waals surface area contributed by atoms with Crippen LogP contribution in [0, 0.1) is 0 Å². The van der Waals surface area contributed by atoms with E-state index in [0.717, 1.165) is 3.72 Å². The van der Waals surface area contributed by atoms with Gasteiger partial charge in [-0.05, 0) is 29.5 Å². The molecule has 0 unspecified atom stereocenters. The molecule has 0 aromatic carbocycles. The fraction of sp³-hybridized carbons (Fsp3) is 0.333. The molecule has 0 aliphatic rings. The van der Waals surface area contributed by atoms with E-state index in [-0.39, 0.29) is 3.91 Å². The molecule has 0 saturated heterocycles. The van der Waals surface area contributed by atoms with E-state index < -0.39 is 0 Å². The van der Waals surface area contributed by atoms with Crippen molar-refractivity contribution < 1.29 is 4.79 Å². The minimum Gasteiger partial charge on any atom is -0.260 e. The lowest BCUT2D eigenvalue weighted by atomic mass is 10.9. The summed E-state index contributed by atoms with van der Waals surface area (Å²) in [6, 6.07) is 0. The zero-order valence-electron chi connectivity index (χ0n) is 3.61. The molecule has 0 aliphatic heterocycles. The molecule has 0 aliphatic carbocycles. The number of nitrogens with zero attached hydrogens (tertiary/aromatic N) is 1. The quantitative estimate of drug-likeness (QED) is 0.291. The molecule has 0 atom stereocenters. The monoisotopic (exact) mass is 323 g/mol. The minimum absolute atomic E-state index is 0.162. The second kappa shape index (κ2) is 3.76. The molecule has 0 radical (unpaired) electrons. The molecule has 40 valence electrons. The van der Waals surface area contributed by atoms with E-state index in [1.54, 1.807) is 29.5 Å². The summed E-state index contributed by atoms with van der Waals surface area (Å²) in [6.45, 7) is 1.77. The lowest BCUT2D eigenvalue weighted by Gasteiger charge is -1.76. The SMILES string of the molecule is C/C(I)=N/C(=O)I. The Bertz CT molecular complexity index is 106. The smallest absolute Gasteiger partial charge is 0.260 e. The van der Waals surface area contributed by atoms with Gasteiger partial charge in [-0.15, -0.1) is 0 Å². The first kappa shape index (κ1) is 7.80. The Labute approximate surface area is 69.0 Å². The molecule has 0 rings (SSSR count). The molecule has 7 heavy (non-hydrogen) atoms. The van der Waals surface area contributed by atoms with Gasteiger partial charge in [0.1, 0.15) is 0 Å². The van der Waals surface area contributed by atoms with E-state index in [9.17, 15) is 4.79 Å². The molecule has 2 nitrogen and oxygen atoms in total. The van der Waals surface area contributed by atoms with Crippen molar-refractivity contribution in [2.75, 3.05) is 0 Å². The summed E-state index contributed by atoms with van der Waals surface area (Å²) in [7, 11) is 0. The molecular weight excluding hydrogens is 320 g/mol. The predicted molar refractivity (Wildman–Crippen MR) is 46.5 cm³/mol. The second-order valence-electron chi connectivity index (χ2n) is 0.862. The number of carbonyl (C=O) groups excluding carboxylic acids is 1. The van der Waals surface area contributed by atoms with E-state index in [0.29, 0.717) is 0 Å². The molecule has 0 N–H and O–H groups in total. The summed E-state index contributed by atoms with van der Waals surface area (Å²) in [6.07, 6.45) is 0. The Balaban J connectivity index is 3.68. The fourth-order valence-corrected chi connectivity index (χ4v) is 1.16. The predicted octanol–water partition coefficient (Wildman–Crippen LogP) is 2.39. The van der Waals surface area contributed by atoms with Gasteiger partial charge in [0.2, 0.25) is 0 Å². The summed E-state index contributed by atoms with van der Waals surface area (Å²) < 4.78 is 0.613. The van der Waals surface area contributed by atoms with Crippen molar-refractivity contribution in [2.24, 2.45) is 4.99 Å². The maximum Gasteiger partial charge on any atom is 0.306 e. The van der Waals surface area contributed by atoms with Crippen LogP contribution in [0.15, 0.2) is 4.99 Å². The molecule has 1 amide bonds. The fourth-order valence-electron chi connectivity index (χ4n) is 0.121. The maximum absolute atomic E-state index is 10.0. The topological polar surface area (TPSA) is 29.4 Å². The van der Waals surface area contributed by atoms with Crippen LogP contribution in [0.3, 0.4) is 0 Å². The number of hydrogen-bond acceptors (Lipinski definition) is 1. The lowest BCUT2D eigenvalue weighted by Crippen LogP contribution is -1.77. The zero-order chi connectivity index (χ0) is 5.86. The lowest BCUT2D eigenvalue weighted by molar-refractivity contribution is 0.269. The second-order valence-corrected chi connectivity index (χ2v) is 3.35. The first-order valence-corrected chi connectivity index (χ1v) is 3.69. The van der Waals surface area contributed by atoms with Gasteiger partial charge in [-0.1, -0.05) is 0 Å². The summed E-state index contributed by atoms with van der Waals surface area (Å²) in [5.41, 5.74) is 0. The summed E-state index contributed by atoms with van der Waals surface area (Å²) >= 11 is 3.61. The summed E-state index contributed by atoms with van der Waals surface area (Å²) in [5, 5.41) is 0. The average Bonchev–Trinajstić information content (AvgIpc) is 1.27. The van der Waals surface area contributed by atoms with Crippen molar-refractivity contribution in [3.05, 3.63) is 0 Å². The molecule has 4 heteroatoms. The molecule has 0 heterocycles. The van der Waals surface area contributed by atoms with Gasteiger partial charge >= 0.3 is 3.91 Å². The highest BCUT2D eigenvalue weighted by molar-refractivity contribution is 14.1. The Morgan fingerprint density at radius 1 is 1.57 bits per heavy atom. The van der Waals surface area contributed by atoms with Crippen molar-refractivity contribution >= 4 is 52.8 Å². The number of amides is 1. The van der Waals surface area contributed by atoms with Gasteiger partial charge in [0.05, 0.1) is 3.72 Å². The third-order valence-electron chi connectivity index (χ3n) is 0.242. The van der Waals surface area contributed by atoms with Gasteiger partial charge in [0.15, 0.2) is 0 Å².